The van der Waals surface area contributed by atoms with Crippen LogP contribution >= 0.6 is 23.2 Å². The number of hydrogen-bond donors (Lipinski definition) is 1. The molecule has 0 aliphatic heterocycles. The van der Waals surface area contributed by atoms with Gasteiger partial charge in [-0.15, -0.1) is 0 Å². The number of carbonyl (C=O) groups is 2. The Balaban J connectivity index is 3.48. The lowest BCUT2D eigenvalue weighted by Gasteiger charge is -2.38. The second kappa shape index (κ2) is 11.1. The van der Waals surface area contributed by atoms with Gasteiger partial charge in [0.25, 0.3) is 5.91 Å². The quantitative estimate of drug-likeness (QED) is 0.265. The number of para-hydroxylation sites is 1. The van der Waals surface area contributed by atoms with E-state index < -0.39 is 19.3 Å². The zero-order valence-electron chi connectivity index (χ0n) is 18.5. The van der Waals surface area contributed by atoms with Gasteiger partial charge in [0.05, 0.1) is 35.4 Å². The van der Waals surface area contributed by atoms with Gasteiger partial charge < -0.3 is 4.74 Å². The van der Waals surface area contributed by atoms with Crippen LogP contribution in [0.1, 0.15) is 48.5 Å². The van der Waals surface area contributed by atoms with Gasteiger partial charge in [0, 0.05) is 11.7 Å². The van der Waals surface area contributed by atoms with Crippen molar-refractivity contribution in [1.29, 1.82) is 5.41 Å². The highest BCUT2D eigenvalue weighted by molar-refractivity contribution is 9.10. The molecule has 5 nitrogen and oxygen atoms in total. The van der Waals surface area contributed by atoms with Crippen LogP contribution in [0.4, 0.5) is 10.5 Å². The molecule has 7 heteroatoms. The summed E-state index contributed by atoms with van der Waals surface area (Å²) in [6, 6.07) is 7.00. The first kappa shape index (κ1) is 25.6. The van der Waals surface area contributed by atoms with E-state index in [0.717, 1.165) is 4.90 Å². The van der Waals surface area contributed by atoms with Crippen molar-refractivity contribution in [3.05, 3.63) is 34.3 Å². The van der Waals surface area contributed by atoms with Crippen LogP contribution in [-0.2, 0) is 9.53 Å². The molecule has 0 aromatic heterocycles. The van der Waals surface area contributed by atoms with Gasteiger partial charge in [-0.2, -0.15) is 0 Å². The Hall–Kier alpha value is -1.48. The van der Waals surface area contributed by atoms with Gasteiger partial charge in [-0.05, 0) is 82.4 Å². The molecule has 0 aliphatic rings. The van der Waals surface area contributed by atoms with Gasteiger partial charge in [-0.25, -0.2) is 9.69 Å². The molecule has 1 N–H and O–H groups in total. The average Bonchev–Trinajstić information content (AvgIpc) is 2.63. The Morgan fingerprint density at radius 2 is 1.62 bits per heavy atom. The molecule has 1 aromatic rings. The number of hydrogen-bond acceptors (Lipinski definition) is 4. The highest BCUT2D eigenvalue weighted by Crippen LogP contribution is 2.70. The molecular formula is C22H33BrN2O3P+. The summed E-state index contributed by atoms with van der Waals surface area (Å²) < 4.78 is 5.75. The standard InChI is InChI=1S/C22H33BrN2O3P/c1-8-28-22(27)25(20-12-10-9-11-19(20)23)21(26)18(13-24)14-29(15(2)3,16(4)5)17(6)7/h9-12,15-17,24H,8,14H2,1-7H3/q+1. The van der Waals surface area contributed by atoms with Gasteiger partial charge in [0.1, 0.15) is 5.57 Å². The number of ether oxygens (including phenoxy) is 1. The van der Waals surface area contributed by atoms with E-state index in [0.29, 0.717) is 33.3 Å². The molecule has 0 radical (unpaired) electrons. The third-order valence-corrected chi connectivity index (χ3v) is 12.8. The maximum Gasteiger partial charge on any atom is 0.421 e. The summed E-state index contributed by atoms with van der Waals surface area (Å²) in [5.41, 5.74) is 1.78. The maximum atomic E-state index is 13.5. The topological polar surface area (TPSA) is 70.5 Å². The fourth-order valence-corrected chi connectivity index (χ4v) is 9.92. The van der Waals surface area contributed by atoms with Crippen LogP contribution in [0.5, 0.6) is 0 Å². The molecule has 0 spiro atoms. The van der Waals surface area contributed by atoms with Gasteiger partial charge in [-0.3, -0.25) is 10.2 Å². The second-order valence-corrected chi connectivity index (χ2v) is 14.1. The van der Waals surface area contributed by atoms with Crippen molar-refractivity contribution in [3.63, 3.8) is 0 Å². The second-order valence-electron chi connectivity index (χ2n) is 7.83. The highest BCUT2D eigenvalue weighted by atomic mass is 79.9. The van der Waals surface area contributed by atoms with Crippen LogP contribution in [0.3, 0.4) is 0 Å². The molecule has 2 amide bonds. The Bertz CT molecular complexity index is 764. The van der Waals surface area contributed by atoms with E-state index in [1.54, 1.807) is 25.1 Å². The normalized spacial score (nSPS) is 11.6. The van der Waals surface area contributed by atoms with Crippen LogP contribution in [0, 0.1) is 5.41 Å². The summed E-state index contributed by atoms with van der Waals surface area (Å²) in [6.45, 7) is 15.0. The van der Waals surface area contributed by atoms with Crippen molar-refractivity contribution in [2.45, 2.75) is 65.4 Å². The smallest absolute Gasteiger partial charge is 0.421 e. The van der Waals surface area contributed by atoms with Crippen molar-refractivity contribution >= 4 is 46.8 Å². The van der Waals surface area contributed by atoms with E-state index in [2.05, 4.69) is 63.3 Å². The van der Waals surface area contributed by atoms with Gasteiger partial charge in [0.2, 0.25) is 0 Å². The number of imide groups is 1. The molecule has 0 fully saturated rings. The van der Waals surface area contributed by atoms with E-state index in [1.807, 2.05) is 6.07 Å². The molecule has 0 heterocycles. The van der Waals surface area contributed by atoms with Gasteiger partial charge >= 0.3 is 6.09 Å². The lowest BCUT2D eigenvalue weighted by Crippen LogP contribution is -2.40. The number of nitrogens with zero attached hydrogens (tertiary/aromatic N) is 1. The molecule has 0 saturated heterocycles. The monoisotopic (exact) mass is 483 g/mol. The first-order chi connectivity index (χ1) is 13.5. The molecule has 29 heavy (non-hydrogen) atoms. The number of benzene rings is 1. The van der Waals surface area contributed by atoms with Crippen LogP contribution in [0.15, 0.2) is 34.3 Å². The molecule has 160 valence electrons. The Morgan fingerprint density at radius 1 is 1.10 bits per heavy atom. The molecule has 1 aromatic carbocycles. The molecule has 0 aliphatic carbocycles. The predicted molar refractivity (Wildman–Crippen MR) is 127 cm³/mol. The third kappa shape index (κ3) is 5.57. The summed E-state index contributed by atoms with van der Waals surface area (Å²) in [7, 11) is -1.66. The zero-order chi connectivity index (χ0) is 22.4. The van der Waals surface area contributed by atoms with Crippen molar-refractivity contribution in [1.82, 2.24) is 0 Å². The minimum atomic E-state index is -1.66. The van der Waals surface area contributed by atoms with E-state index in [-0.39, 0.29) is 12.2 Å². The fourth-order valence-electron chi connectivity index (χ4n) is 4.02. The SMILES string of the molecule is CCOC(=O)N(C(=O)C(=C=N)C[P+](C(C)C)(C(C)C)C(C)C)c1ccccc1Br. The highest BCUT2D eigenvalue weighted by Gasteiger charge is 2.49. The number of anilines is 1. The van der Waals surface area contributed by atoms with Gasteiger partial charge in [0.15, 0.2) is 0 Å². The van der Waals surface area contributed by atoms with Crippen LogP contribution in [-0.4, -0.2) is 47.6 Å². The summed E-state index contributed by atoms with van der Waals surface area (Å²) in [5.74, 6) is 1.82. The van der Waals surface area contributed by atoms with Gasteiger partial charge in [-0.1, -0.05) is 12.1 Å². The van der Waals surface area contributed by atoms with Crippen LogP contribution < -0.4 is 4.90 Å². The number of carbonyl (C=O) groups excluding carboxylic acids is 2. The Labute approximate surface area is 183 Å². The molecular weight excluding hydrogens is 451 g/mol. The van der Waals surface area contributed by atoms with Crippen LogP contribution in [0.25, 0.3) is 0 Å². The maximum absolute atomic E-state index is 13.5. The summed E-state index contributed by atoms with van der Waals surface area (Å²) in [4.78, 5) is 27.2. The third-order valence-electron chi connectivity index (χ3n) is 5.47. The molecule has 0 saturated carbocycles. The number of nitrogens with one attached hydrogen (secondary N) is 1. The van der Waals surface area contributed by atoms with E-state index in [4.69, 9.17) is 10.1 Å². The molecule has 0 bridgehead atoms. The average molecular weight is 484 g/mol. The van der Waals surface area contributed by atoms with Crippen molar-refractivity contribution in [2.75, 3.05) is 17.7 Å². The Kier molecular flexibility index (Phi) is 9.75. The summed E-state index contributed by atoms with van der Waals surface area (Å²) >= 11 is 3.42. The first-order valence-electron chi connectivity index (χ1n) is 9.95. The number of rotatable bonds is 8. The van der Waals surface area contributed by atoms with Crippen molar-refractivity contribution in [2.24, 2.45) is 0 Å². The minimum absolute atomic E-state index is 0.150. The lowest BCUT2D eigenvalue weighted by molar-refractivity contribution is -0.114. The fraction of sp³-hybridized carbons (Fsp3) is 0.545. The number of amides is 2. The lowest BCUT2D eigenvalue weighted by atomic mass is 10.2. The Morgan fingerprint density at radius 3 is 2.03 bits per heavy atom. The number of halogens is 1. The minimum Gasteiger partial charge on any atom is -0.449 e. The molecule has 0 atom stereocenters. The first-order valence-corrected chi connectivity index (χ1v) is 12.9. The van der Waals surface area contributed by atoms with Crippen molar-refractivity contribution < 1.29 is 14.3 Å². The predicted octanol–water partition coefficient (Wildman–Crippen LogP) is 6.36. The van der Waals surface area contributed by atoms with E-state index >= 15 is 0 Å². The summed E-state index contributed by atoms with van der Waals surface area (Å²) in [5, 5.41) is 7.87. The largest absolute Gasteiger partial charge is 0.449 e. The zero-order valence-corrected chi connectivity index (χ0v) is 20.9. The van der Waals surface area contributed by atoms with Crippen molar-refractivity contribution in [3.8, 4) is 0 Å². The van der Waals surface area contributed by atoms with E-state index in [9.17, 15) is 9.59 Å². The van der Waals surface area contributed by atoms with Crippen LogP contribution in [0.2, 0.25) is 0 Å². The molecule has 0 unspecified atom stereocenters. The summed E-state index contributed by atoms with van der Waals surface area (Å²) in [6.07, 6.45) is -0.275. The van der Waals surface area contributed by atoms with E-state index in [1.165, 1.54) is 0 Å². The molecule has 1 rings (SSSR count).